The van der Waals surface area contributed by atoms with E-state index in [1.807, 2.05) is 20.8 Å². The van der Waals surface area contributed by atoms with Crippen molar-refractivity contribution >= 4 is 11.5 Å². The smallest absolute Gasteiger partial charge is 0.177 e. The van der Waals surface area contributed by atoms with E-state index in [1.165, 1.54) is 0 Å². The van der Waals surface area contributed by atoms with E-state index in [-0.39, 0.29) is 6.17 Å². The third-order valence-electron chi connectivity index (χ3n) is 2.48. The summed E-state index contributed by atoms with van der Waals surface area (Å²) in [6.07, 6.45) is -0.0656. The standard InChI is InChI=1S/C10H14N4/c1-5-6(2)12-10-9(11-5)13-7(3)8(4)14-10/h10,14H,1H2,2-4H3,(H,11,13). The Hall–Kier alpha value is -1.58. The minimum Gasteiger partial charge on any atom is -0.360 e. The molecule has 74 valence electrons. The second-order valence-electron chi connectivity index (χ2n) is 3.57. The lowest BCUT2D eigenvalue weighted by molar-refractivity contribution is 0.678. The van der Waals surface area contributed by atoms with E-state index >= 15 is 0 Å². The van der Waals surface area contributed by atoms with Gasteiger partial charge in [0.1, 0.15) is 0 Å². The van der Waals surface area contributed by atoms with Crippen LogP contribution in [-0.2, 0) is 0 Å². The second-order valence-corrected chi connectivity index (χ2v) is 3.57. The summed E-state index contributed by atoms with van der Waals surface area (Å²) < 4.78 is 0. The molecule has 2 aliphatic heterocycles. The molecule has 1 unspecified atom stereocenters. The molecule has 2 N–H and O–H groups in total. The summed E-state index contributed by atoms with van der Waals surface area (Å²) in [5.41, 5.74) is 3.82. The Labute approximate surface area is 83.5 Å². The quantitative estimate of drug-likeness (QED) is 0.602. The lowest BCUT2D eigenvalue weighted by Crippen LogP contribution is -2.48. The maximum absolute atomic E-state index is 4.45. The molecule has 2 aliphatic rings. The van der Waals surface area contributed by atoms with E-state index in [0.717, 1.165) is 28.6 Å². The average molecular weight is 190 g/mol. The third kappa shape index (κ3) is 1.32. The van der Waals surface area contributed by atoms with Gasteiger partial charge in [-0.2, -0.15) is 0 Å². The summed E-state index contributed by atoms with van der Waals surface area (Å²) >= 11 is 0. The first-order chi connectivity index (χ1) is 6.58. The van der Waals surface area contributed by atoms with Crippen molar-refractivity contribution in [3.63, 3.8) is 0 Å². The zero-order valence-electron chi connectivity index (χ0n) is 8.68. The first-order valence-electron chi connectivity index (χ1n) is 4.61. The molecule has 0 aromatic heterocycles. The van der Waals surface area contributed by atoms with Crippen molar-refractivity contribution in [1.82, 2.24) is 10.6 Å². The molecule has 0 aliphatic carbocycles. The van der Waals surface area contributed by atoms with Crippen LogP contribution in [-0.4, -0.2) is 17.7 Å². The molecule has 0 bridgehead atoms. The molecular weight excluding hydrogens is 176 g/mol. The van der Waals surface area contributed by atoms with Gasteiger partial charge in [-0.05, 0) is 20.8 Å². The van der Waals surface area contributed by atoms with Gasteiger partial charge in [0.2, 0.25) is 0 Å². The van der Waals surface area contributed by atoms with Crippen LogP contribution in [0.2, 0.25) is 0 Å². The lowest BCUT2D eigenvalue weighted by atomic mass is 10.2. The predicted molar refractivity (Wildman–Crippen MR) is 58.1 cm³/mol. The number of hydrogen-bond donors (Lipinski definition) is 2. The van der Waals surface area contributed by atoms with Crippen molar-refractivity contribution in [1.29, 1.82) is 0 Å². The molecule has 0 aromatic rings. The summed E-state index contributed by atoms with van der Waals surface area (Å²) in [5.74, 6) is 0.837. The van der Waals surface area contributed by atoms with Crippen molar-refractivity contribution in [2.75, 3.05) is 0 Å². The zero-order valence-corrected chi connectivity index (χ0v) is 8.68. The molecule has 0 fully saturated rings. The van der Waals surface area contributed by atoms with Crippen LogP contribution in [0.5, 0.6) is 0 Å². The van der Waals surface area contributed by atoms with Gasteiger partial charge < -0.3 is 10.6 Å². The molecule has 0 amide bonds. The first kappa shape index (κ1) is 8.99. The largest absolute Gasteiger partial charge is 0.360 e. The molecule has 2 rings (SSSR count). The molecule has 4 heteroatoms. The highest BCUT2D eigenvalue weighted by Crippen LogP contribution is 2.14. The maximum atomic E-state index is 4.45. The van der Waals surface area contributed by atoms with Gasteiger partial charge in [0.25, 0.3) is 0 Å². The van der Waals surface area contributed by atoms with E-state index in [1.54, 1.807) is 0 Å². The van der Waals surface area contributed by atoms with Gasteiger partial charge >= 0.3 is 0 Å². The highest BCUT2D eigenvalue weighted by Gasteiger charge is 2.24. The molecule has 2 heterocycles. The summed E-state index contributed by atoms with van der Waals surface area (Å²) in [5, 5.41) is 6.42. The van der Waals surface area contributed by atoms with Crippen LogP contribution in [0.4, 0.5) is 0 Å². The SMILES string of the molecule is C=C1NC2=NC(C)=C(C)NC2N=C1C. The minimum atomic E-state index is -0.0656. The molecule has 0 radical (unpaired) electrons. The van der Waals surface area contributed by atoms with E-state index in [9.17, 15) is 0 Å². The Morgan fingerprint density at radius 3 is 2.71 bits per heavy atom. The monoisotopic (exact) mass is 190 g/mol. The van der Waals surface area contributed by atoms with Crippen LogP contribution in [0.25, 0.3) is 0 Å². The van der Waals surface area contributed by atoms with Gasteiger partial charge in [0.15, 0.2) is 12.0 Å². The van der Waals surface area contributed by atoms with E-state index in [0.29, 0.717) is 0 Å². The van der Waals surface area contributed by atoms with Crippen LogP contribution in [0.15, 0.2) is 33.7 Å². The van der Waals surface area contributed by atoms with Crippen molar-refractivity contribution in [3.8, 4) is 0 Å². The van der Waals surface area contributed by atoms with E-state index in [4.69, 9.17) is 0 Å². The number of rotatable bonds is 0. The number of hydrogen-bond acceptors (Lipinski definition) is 4. The Morgan fingerprint density at radius 2 is 2.00 bits per heavy atom. The Balaban J connectivity index is 2.38. The van der Waals surface area contributed by atoms with Crippen LogP contribution >= 0.6 is 0 Å². The van der Waals surface area contributed by atoms with E-state index in [2.05, 4.69) is 27.2 Å². The fraction of sp³-hybridized carbons (Fsp3) is 0.400. The van der Waals surface area contributed by atoms with Crippen molar-refractivity contribution < 1.29 is 0 Å². The Bertz CT molecular complexity index is 387. The van der Waals surface area contributed by atoms with Crippen LogP contribution in [0.3, 0.4) is 0 Å². The van der Waals surface area contributed by atoms with Crippen LogP contribution in [0.1, 0.15) is 20.8 Å². The van der Waals surface area contributed by atoms with Gasteiger partial charge in [-0.15, -0.1) is 0 Å². The summed E-state index contributed by atoms with van der Waals surface area (Å²) in [6, 6.07) is 0. The first-order valence-corrected chi connectivity index (χ1v) is 4.61. The number of nitrogens with one attached hydrogen (secondary N) is 2. The molecule has 0 spiro atoms. The number of allylic oxidation sites excluding steroid dienone is 3. The molecule has 0 saturated heterocycles. The average Bonchev–Trinajstić information content (AvgIpc) is 2.11. The van der Waals surface area contributed by atoms with Gasteiger partial charge in [0.05, 0.1) is 17.1 Å². The molecule has 14 heavy (non-hydrogen) atoms. The highest BCUT2D eigenvalue weighted by atomic mass is 15.2. The van der Waals surface area contributed by atoms with E-state index < -0.39 is 0 Å². The Morgan fingerprint density at radius 1 is 1.29 bits per heavy atom. The number of aliphatic imine (C=N–C) groups is 2. The fourth-order valence-electron chi connectivity index (χ4n) is 1.41. The van der Waals surface area contributed by atoms with Gasteiger partial charge in [-0.25, -0.2) is 4.99 Å². The normalized spacial score (nSPS) is 25.9. The van der Waals surface area contributed by atoms with Gasteiger partial charge in [0, 0.05) is 5.70 Å². The summed E-state index contributed by atoms with van der Waals surface area (Å²) in [7, 11) is 0. The second kappa shape index (κ2) is 2.97. The predicted octanol–water partition coefficient (Wildman–Crippen LogP) is 1.14. The number of fused-ring (bicyclic) bond motifs is 1. The molecule has 0 aromatic carbocycles. The lowest BCUT2D eigenvalue weighted by Gasteiger charge is -2.29. The fourth-order valence-corrected chi connectivity index (χ4v) is 1.41. The van der Waals surface area contributed by atoms with Gasteiger partial charge in [-0.3, -0.25) is 4.99 Å². The maximum Gasteiger partial charge on any atom is 0.177 e. The van der Waals surface area contributed by atoms with Crippen LogP contribution < -0.4 is 10.6 Å². The molecule has 4 nitrogen and oxygen atoms in total. The highest BCUT2D eigenvalue weighted by molar-refractivity contribution is 6.07. The van der Waals surface area contributed by atoms with Crippen molar-refractivity contribution in [2.24, 2.45) is 9.98 Å². The molecule has 1 atom stereocenters. The summed E-state index contributed by atoms with van der Waals surface area (Å²) in [6.45, 7) is 9.78. The zero-order chi connectivity index (χ0) is 10.3. The third-order valence-corrected chi connectivity index (χ3v) is 2.48. The summed E-state index contributed by atoms with van der Waals surface area (Å²) in [4.78, 5) is 8.87. The Kier molecular flexibility index (Phi) is 1.91. The van der Waals surface area contributed by atoms with Crippen molar-refractivity contribution in [2.45, 2.75) is 26.9 Å². The van der Waals surface area contributed by atoms with Gasteiger partial charge in [-0.1, -0.05) is 6.58 Å². The molecular formula is C10H14N4. The van der Waals surface area contributed by atoms with Crippen LogP contribution in [0, 0.1) is 0 Å². The topological polar surface area (TPSA) is 48.8 Å². The van der Waals surface area contributed by atoms with Crippen molar-refractivity contribution in [3.05, 3.63) is 23.7 Å². The number of nitrogens with zero attached hydrogens (tertiary/aromatic N) is 2. The number of amidine groups is 1. The molecule has 0 saturated carbocycles. The minimum absolute atomic E-state index is 0.0656.